The van der Waals surface area contributed by atoms with Gasteiger partial charge in [-0.15, -0.1) is 0 Å². The summed E-state index contributed by atoms with van der Waals surface area (Å²) in [4.78, 5) is 51.8. The van der Waals surface area contributed by atoms with E-state index < -0.39 is 82.3 Å². The Morgan fingerprint density at radius 1 is 0.857 bits per heavy atom. The van der Waals surface area contributed by atoms with E-state index in [1.165, 1.54) is 17.2 Å². The number of amides is 1. The second kappa shape index (κ2) is 11.0. The predicted molar refractivity (Wildman–Crippen MR) is 133 cm³/mol. The lowest BCUT2D eigenvalue weighted by atomic mass is 10.1. The molecule has 2 aliphatic rings. The predicted octanol–water partition coefficient (Wildman–Crippen LogP) is 3.90. The number of hydrogen-bond donors (Lipinski definition) is 1. The summed E-state index contributed by atoms with van der Waals surface area (Å²) in [6.07, 6.45) is 1.62. The number of nitrogens with zero attached hydrogens (tertiary/aromatic N) is 3. The van der Waals surface area contributed by atoms with E-state index in [4.69, 9.17) is 0 Å². The average molecular weight is 597 g/mol. The number of carboxylic acid groups (broad SMARTS) is 1. The molecule has 1 N–H and O–H groups in total. The number of esters is 1. The Kier molecular flexibility index (Phi) is 7.60. The van der Waals surface area contributed by atoms with Crippen molar-refractivity contribution in [3.63, 3.8) is 0 Å². The van der Waals surface area contributed by atoms with Crippen molar-refractivity contribution in [1.29, 1.82) is 0 Å². The van der Waals surface area contributed by atoms with E-state index in [2.05, 4.69) is 4.74 Å². The van der Waals surface area contributed by atoms with Gasteiger partial charge in [0.2, 0.25) is 46.2 Å². The van der Waals surface area contributed by atoms with Crippen molar-refractivity contribution in [2.24, 2.45) is 0 Å². The van der Waals surface area contributed by atoms with Gasteiger partial charge in [0.1, 0.15) is 11.4 Å². The van der Waals surface area contributed by atoms with Crippen LogP contribution in [0.2, 0.25) is 0 Å². The van der Waals surface area contributed by atoms with E-state index in [-0.39, 0.29) is 43.3 Å². The van der Waals surface area contributed by atoms with Crippen molar-refractivity contribution in [2.75, 3.05) is 31.1 Å². The largest absolute Gasteiger partial charge is 0.477 e. The topological polar surface area (TPSA) is 109 Å². The normalized spacial score (nSPS) is 15.3. The first-order valence-corrected chi connectivity index (χ1v) is 12.8. The van der Waals surface area contributed by atoms with E-state index >= 15 is 4.39 Å². The molecule has 1 aliphatic carbocycles. The van der Waals surface area contributed by atoms with Crippen LogP contribution in [0.4, 0.5) is 32.0 Å². The molecule has 42 heavy (non-hydrogen) atoms. The third kappa shape index (κ3) is 5.25. The Labute approximate surface area is 232 Å². The maximum absolute atomic E-state index is 15.1. The molecule has 3 aromatic rings. The minimum atomic E-state index is -2.41. The number of carboxylic acids is 1. The zero-order chi connectivity index (χ0) is 30.5. The lowest BCUT2D eigenvalue weighted by Gasteiger charge is -2.36. The van der Waals surface area contributed by atoms with Crippen LogP contribution in [0.5, 0.6) is 5.75 Å². The maximum Gasteiger partial charge on any atom is 0.341 e. The number of fused-ring (bicyclic) bond motifs is 1. The molecule has 0 unspecified atom stereocenters. The molecule has 0 atom stereocenters. The first-order chi connectivity index (χ1) is 19.9. The highest BCUT2D eigenvalue weighted by atomic mass is 19.2. The van der Waals surface area contributed by atoms with Crippen molar-refractivity contribution in [3.05, 3.63) is 69.0 Å². The smallest absolute Gasteiger partial charge is 0.341 e. The molecule has 5 rings (SSSR count). The summed E-state index contributed by atoms with van der Waals surface area (Å²) in [7, 11) is 0. The number of hydrogen-bond acceptors (Lipinski definition) is 6. The number of rotatable bonds is 7. The standard InChI is InChI=1S/C27H21F6N3O6/c28-15-9-13-16(36(12-1-2-12)11-14(25(13)39)27(40)41)10-17(15)34-5-7-35(8-6-34)18(37)3-4-19(38)42-26-23(32)21(30)20(29)22(31)24(26)33/h9-12H,1-8H2,(H,40,41). The molecular weight excluding hydrogens is 576 g/mol. The van der Waals surface area contributed by atoms with Crippen LogP contribution in [0, 0.1) is 34.9 Å². The van der Waals surface area contributed by atoms with E-state index in [9.17, 15) is 46.2 Å². The Hall–Kier alpha value is -4.56. The summed E-state index contributed by atoms with van der Waals surface area (Å²) < 4.78 is 88.3. The molecule has 1 aromatic heterocycles. The van der Waals surface area contributed by atoms with Crippen molar-refractivity contribution in [1.82, 2.24) is 9.47 Å². The monoisotopic (exact) mass is 597 g/mol. The van der Waals surface area contributed by atoms with Gasteiger partial charge >= 0.3 is 11.9 Å². The number of aromatic nitrogens is 1. The Bertz CT molecular complexity index is 1670. The zero-order valence-electron chi connectivity index (χ0n) is 21.6. The molecule has 1 saturated carbocycles. The Morgan fingerprint density at radius 3 is 2.02 bits per heavy atom. The molecule has 1 saturated heterocycles. The quantitative estimate of drug-likeness (QED) is 0.145. The summed E-state index contributed by atoms with van der Waals surface area (Å²) in [5.74, 6) is -17.5. The summed E-state index contributed by atoms with van der Waals surface area (Å²) in [6.45, 7) is 0.501. The molecule has 222 valence electrons. The number of carbonyl (C=O) groups is 3. The van der Waals surface area contributed by atoms with Crippen LogP contribution in [0.1, 0.15) is 42.1 Å². The molecule has 2 aromatic carbocycles. The van der Waals surface area contributed by atoms with Gasteiger partial charge in [0.05, 0.1) is 17.6 Å². The number of piperazine rings is 1. The number of carbonyl (C=O) groups excluding carboxylic acids is 2. The van der Waals surface area contributed by atoms with Crippen LogP contribution < -0.4 is 15.1 Å². The van der Waals surface area contributed by atoms with Gasteiger partial charge in [0, 0.05) is 50.2 Å². The molecule has 0 bridgehead atoms. The van der Waals surface area contributed by atoms with Crippen LogP contribution in [0.25, 0.3) is 10.9 Å². The molecule has 0 radical (unpaired) electrons. The maximum atomic E-state index is 15.1. The second-order valence-electron chi connectivity index (χ2n) is 9.88. The highest BCUT2D eigenvalue weighted by Crippen LogP contribution is 2.38. The number of aromatic carboxylic acids is 1. The molecule has 2 heterocycles. The summed E-state index contributed by atoms with van der Waals surface area (Å²) in [5.41, 5.74) is -0.716. The minimum Gasteiger partial charge on any atom is -0.477 e. The lowest BCUT2D eigenvalue weighted by molar-refractivity contribution is -0.139. The van der Waals surface area contributed by atoms with E-state index in [1.807, 2.05) is 0 Å². The highest BCUT2D eigenvalue weighted by Gasteiger charge is 2.31. The van der Waals surface area contributed by atoms with Gasteiger partial charge in [-0.1, -0.05) is 0 Å². The van der Waals surface area contributed by atoms with Crippen LogP contribution in [0.15, 0.2) is 23.1 Å². The number of anilines is 1. The SMILES string of the molecule is O=C(CCC(=O)N1CCN(c2cc3c(cc2F)c(=O)c(C(=O)O)cn3C2CC2)CC1)Oc1c(F)c(F)c(F)c(F)c1F. The fraction of sp³-hybridized carbons (Fsp3) is 0.333. The molecule has 15 heteroatoms. The van der Waals surface area contributed by atoms with Gasteiger partial charge in [0.15, 0.2) is 0 Å². The number of halogens is 6. The minimum absolute atomic E-state index is 0.0141. The highest BCUT2D eigenvalue weighted by molar-refractivity contribution is 5.93. The molecular formula is C27H21F6N3O6. The van der Waals surface area contributed by atoms with Gasteiger partial charge in [-0.2, -0.15) is 8.78 Å². The van der Waals surface area contributed by atoms with Crippen LogP contribution >= 0.6 is 0 Å². The van der Waals surface area contributed by atoms with Gasteiger partial charge in [-0.25, -0.2) is 22.4 Å². The van der Waals surface area contributed by atoms with Crippen molar-refractivity contribution in [3.8, 4) is 5.75 Å². The third-order valence-electron chi connectivity index (χ3n) is 7.17. The van der Waals surface area contributed by atoms with Crippen LogP contribution in [-0.4, -0.2) is 58.6 Å². The molecule has 1 aliphatic heterocycles. The molecule has 0 spiro atoms. The molecule has 2 fully saturated rings. The van der Waals surface area contributed by atoms with Gasteiger partial charge < -0.3 is 24.2 Å². The Morgan fingerprint density at radius 2 is 1.45 bits per heavy atom. The van der Waals surface area contributed by atoms with Crippen molar-refractivity contribution >= 4 is 34.4 Å². The second-order valence-corrected chi connectivity index (χ2v) is 9.88. The van der Waals surface area contributed by atoms with Crippen molar-refractivity contribution in [2.45, 2.75) is 31.7 Å². The van der Waals surface area contributed by atoms with Crippen LogP contribution in [0.3, 0.4) is 0 Å². The number of ether oxygens (including phenoxy) is 1. The summed E-state index contributed by atoms with van der Waals surface area (Å²) in [6, 6.07) is 2.47. The summed E-state index contributed by atoms with van der Waals surface area (Å²) >= 11 is 0. The fourth-order valence-electron chi connectivity index (χ4n) is 4.81. The average Bonchev–Trinajstić information content (AvgIpc) is 3.82. The summed E-state index contributed by atoms with van der Waals surface area (Å²) in [5, 5.41) is 9.33. The third-order valence-corrected chi connectivity index (χ3v) is 7.17. The van der Waals surface area contributed by atoms with Crippen molar-refractivity contribution < 1.29 is 50.6 Å². The van der Waals surface area contributed by atoms with E-state index in [1.54, 1.807) is 9.47 Å². The van der Waals surface area contributed by atoms with Crippen LogP contribution in [-0.2, 0) is 9.59 Å². The first kappa shape index (κ1) is 29.0. The van der Waals surface area contributed by atoms with E-state index in [0.29, 0.717) is 5.52 Å². The molecule has 9 nitrogen and oxygen atoms in total. The first-order valence-electron chi connectivity index (χ1n) is 12.8. The van der Waals surface area contributed by atoms with E-state index in [0.717, 1.165) is 18.9 Å². The van der Waals surface area contributed by atoms with Gasteiger partial charge in [0.25, 0.3) is 0 Å². The zero-order valence-corrected chi connectivity index (χ0v) is 21.6. The van der Waals surface area contributed by atoms with Gasteiger partial charge in [-0.05, 0) is 25.0 Å². The molecule has 1 amide bonds. The number of pyridine rings is 1. The van der Waals surface area contributed by atoms with Gasteiger partial charge in [-0.3, -0.25) is 14.4 Å². The Balaban J connectivity index is 1.24. The fourth-order valence-corrected chi connectivity index (χ4v) is 4.81. The lowest BCUT2D eigenvalue weighted by Crippen LogP contribution is -2.49. The number of benzene rings is 2.